The van der Waals surface area contributed by atoms with Crippen LogP contribution in [0.2, 0.25) is 0 Å². The monoisotopic (exact) mass is 826 g/mol. The van der Waals surface area contributed by atoms with E-state index in [0.717, 1.165) is 38.1 Å². The molecular weight excluding hydrogens is 791 g/mol. The lowest BCUT2D eigenvalue weighted by molar-refractivity contribution is -0.276. The number of nitrogens with one attached hydrogen (secondary N) is 1. The minimum absolute atomic E-state index is 0.111. The van der Waals surface area contributed by atoms with Crippen molar-refractivity contribution in [2.75, 3.05) is 13.1 Å². The quantitative estimate of drug-likeness (QED) is 0.105. The van der Waals surface area contributed by atoms with Crippen molar-refractivity contribution in [2.45, 2.75) is 81.1 Å². The first-order valence-corrected chi connectivity index (χ1v) is 17.7. The molecule has 310 valence electrons. The Kier molecular flexibility index (Phi) is 13.1. The third-order valence-electron chi connectivity index (χ3n) is 9.89. The van der Waals surface area contributed by atoms with E-state index in [0.29, 0.717) is 41.8 Å². The van der Waals surface area contributed by atoms with Crippen LogP contribution < -0.4 is 20.5 Å². The predicted molar refractivity (Wildman–Crippen MR) is 186 cm³/mol. The molecule has 0 bridgehead atoms. The molecular formula is C38H35F9N6O5. The van der Waals surface area contributed by atoms with Gasteiger partial charge in [0.15, 0.2) is 11.6 Å². The van der Waals surface area contributed by atoms with Crippen LogP contribution in [0.5, 0.6) is 11.5 Å². The Morgan fingerprint density at radius 2 is 1.00 bits per heavy atom. The van der Waals surface area contributed by atoms with Crippen molar-refractivity contribution in [3.63, 3.8) is 0 Å². The summed E-state index contributed by atoms with van der Waals surface area (Å²) in [7, 11) is 0. The second-order valence-corrected chi connectivity index (χ2v) is 13.7. The molecule has 2 heterocycles. The molecule has 0 unspecified atom stereocenters. The first-order chi connectivity index (χ1) is 27.2. The average molecular weight is 827 g/mol. The zero-order chi connectivity index (χ0) is 42.4. The van der Waals surface area contributed by atoms with Crippen LogP contribution in [0, 0.1) is 0 Å². The number of rotatable bonds is 13. The van der Waals surface area contributed by atoms with E-state index in [2.05, 4.69) is 29.4 Å². The van der Waals surface area contributed by atoms with Gasteiger partial charge in [-0.3, -0.25) is 14.4 Å². The first-order valence-electron chi connectivity index (χ1n) is 17.7. The Hall–Kier alpha value is -5.66. The number of para-hydroxylation sites is 2. The maximum atomic E-state index is 12.8. The minimum Gasteiger partial charge on any atom is -0.405 e. The van der Waals surface area contributed by atoms with E-state index in [4.69, 9.17) is 5.73 Å². The van der Waals surface area contributed by atoms with Gasteiger partial charge in [0.25, 0.3) is 0 Å². The number of ether oxygens (including phenoxy) is 2. The van der Waals surface area contributed by atoms with E-state index in [-0.39, 0.29) is 41.6 Å². The van der Waals surface area contributed by atoms with Gasteiger partial charge >= 0.3 is 24.8 Å². The van der Waals surface area contributed by atoms with E-state index in [1.165, 1.54) is 42.0 Å². The zero-order valence-corrected chi connectivity index (χ0v) is 30.3. The molecule has 2 aliphatic carbocycles. The highest BCUT2D eigenvalue weighted by atomic mass is 19.4. The summed E-state index contributed by atoms with van der Waals surface area (Å²) in [4.78, 5) is 50.8. The summed E-state index contributed by atoms with van der Waals surface area (Å²) in [5.74, 6) is -3.09. The maximum Gasteiger partial charge on any atom is 0.573 e. The number of nitrogens with two attached hydrogens (primary N) is 1. The Balaban J connectivity index is 0.000000226. The molecule has 2 fully saturated rings. The number of alkyl halides is 9. The Morgan fingerprint density at radius 1 is 0.621 bits per heavy atom. The SMILES string of the molecule is NCC(=O)c1cnc(CC2(c3ccccc3OC(F)(F)F)CCC2)nc1.O=C(CNC(=O)C(F)(F)F)c1cnc(CC2(c3ccccc3OC(F)(F)F)CCC2)nc1. The van der Waals surface area contributed by atoms with Crippen molar-refractivity contribution in [1.29, 1.82) is 0 Å². The topological polar surface area (TPSA) is 159 Å². The molecule has 0 aliphatic heterocycles. The second kappa shape index (κ2) is 17.5. The number of amides is 1. The van der Waals surface area contributed by atoms with Crippen molar-refractivity contribution >= 4 is 17.5 Å². The summed E-state index contributed by atoms with van der Waals surface area (Å²) < 4.78 is 122. The number of hydrogen-bond donors (Lipinski definition) is 2. The second-order valence-electron chi connectivity index (χ2n) is 13.7. The van der Waals surface area contributed by atoms with E-state index >= 15 is 0 Å². The Bertz CT molecular complexity index is 2070. The number of carbonyl (C=O) groups excluding carboxylic acids is 3. The lowest BCUT2D eigenvalue weighted by atomic mass is 9.62. The van der Waals surface area contributed by atoms with Gasteiger partial charge in [-0.25, -0.2) is 19.9 Å². The molecule has 2 aromatic carbocycles. The number of carbonyl (C=O) groups is 3. The first kappa shape index (κ1) is 43.5. The Morgan fingerprint density at radius 3 is 1.33 bits per heavy atom. The molecule has 20 heteroatoms. The normalized spacial score (nSPS) is 15.8. The third kappa shape index (κ3) is 11.0. The number of nitrogens with zero attached hydrogens (tertiary/aromatic N) is 4. The molecule has 2 aromatic heterocycles. The highest BCUT2D eigenvalue weighted by molar-refractivity contribution is 5.99. The van der Waals surface area contributed by atoms with Gasteiger partial charge in [-0.2, -0.15) is 13.2 Å². The highest BCUT2D eigenvalue weighted by Crippen LogP contribution is 2.50. The van der Waals surface area contributed by atoms with Crippen LogP contribution in [0.3, 0.4) is 0 Å². The van der Waals surface area contributed by atoms with Gasteiger partial charge in [-0.05, 0) is 37.8 Å². The number of halogens is 9. The molecule has 2 saturated carbocycles. The van der Waals surface area contributed by atoms with Crippen LogP contribution in [0.15, 0.2) is 73.3 Å². The van der Waals surface area contributed by atoms with Crippen molar-refractivity contribution in [2.24, 2.45) is 5.73 Å². The third-order valence-corrected chi connectivity index (χ3v) is 9.89. The van der Waals surface area contributed by atoms with Crippen LogP contribution in [0.25, 0.3) is 0 Å². The fourth-order valence-corrected chi connectivity index (χ4v) is 6.79. The van der Waals surface area contributed by atoms with E-state index in [1.807, 2.05) is 0 Å². The molecule has 2 aliphatic rings. The van der Waals surface area contributed by atoms with Gasteiger partial charge in [-0.15, -0.1) is 26.3 Å². The van der Waals surface area contributed by atoms with Gasteiger partial charge in [-0.1, -0.05) is 49.2 Å². The fraction of sp³-hybridized carbons (Fsp3) is 0.395. The van der Waals surface area contributed by atoms with E-state index in [9.17, 15) is 53.9 Å². The van der Waals surface area contributed by atoms with Crippen LogP contribution >= 0.6 is 0 Å². The molecule has 3 N–H and O–H groups in total. The molecule has 0 spiro atoms. The van der Waals surface area contributed by atoms with Crippen molar-refractivity contribution in [3.05, 3.63) is 107 Å². The van der Waals surface area contributed by atoms with Gasteiger partial charge in [0.05, 0.1) is 24.2 Å². The average Bonchev–Trinajstić information content (AvgIpc) is 3.13. The fourth-order valence-electron chi connectivity index (χ4n) is 6.79. The summed E-state index contributed by atoms with van der Waals surface area (Å²) in [6.45, 7) is -1.01. The summed E-state index contributed by atoms with van der Waals surface area (Å²) in [5, 5.41) is 1.46. The van der Waals surface area contributed by atoms with Gasteiger partial charge in [0.1, 0.15) is 23.1 Å². The number of benzene rings is 2. The van der Waals surface area contributed by atoms with Crippen molar-refractivity contribution in [3.8, 4) is 11.5 Å². The minimum atomic E-state index is -5.11. The van der Waals surface area contributed by atoms with Gasteiger partial charge < -0.3 is 20.5 Å². The van der Waals surface area contributed by atoms with Crippen LogP contribution in [0.4, 0.5) is 39.5 Å². The number of hydrogen-bond acceptors (Lipinski definition) is 10. The summed E-state index contributed by atoms with van der Waals surface area (Å²) >= 11 is 0. The number of Topliss-reactive ketones (excluding diaryl/α,β-unsaturated/α-hetero) is 2. The van der Waals surface area contributed by atoms with E-state index < -0.39 is 48.0 Å². The molecule has 4 aromatic rings. The predicted octanol–water partition coefficient (Wildman–Crippen LogP) is 7.08. The summed E-state index contributed by atoms with van der Waals surface area (Å²) in [6.07, 6.45) is -4.82. The number of aromatic nitrogens is 4. The lowest BCUT2D eigenvalue weighted by Gasteiger charge is -2.42. The molecule has 0 saturated heterocycles. The molecule has 1 amide bonds. The van der Waals surface area contributed by atoms with Crippen LogP contribution in [-0.4, -0.2) is 69.4 Å². The van der Waals surface area contributed by atoms with Crippen LogP contribution in [-0.2, 0) is 28.5 Å². The zero-order valence-electron chi connectivity index (χ0n) is 30.3. The smallest absolute Gasteiger partial charge is 0.405 e. The van der Waals surface area contributed by atoms with E-state index in [1.54, 1.807) is 24.3 Å². The summed E-state index contributed by atoms with van der Waals surface area (Å²) in [6, 6.07) is 12.0. The molecule has 58 heavy (non-hydrogen) atoms. The Labute approximate surface area is 324 Å². The molecule has 11 nitrogen and oxygen atoms in total. The largest absolute Gasteiger partial charge is 0.573 e. The summed E-state index contributed by atoms with van der Waals surface area (Å²) in [5.41, 5.74) is 5.23. The number of ketones is 2. The van der Waals surface area contributed by atoms with Gasteiger partial charge in [0, 0.05) is 59.6 Å². The maximum absolute atomic E-state index is 12.8. The van der Waals surface area contributed by atoms with Crippen molar-refractivity contribution < 1.29 is 63.4 Å². The van der Waals surface area contributed by atoms with Crippen molar-refractivity contribution in [1.82, 2.24) is 25.3 Å². The van der Waals surface area contributed by atoms with Crippen LogP contribution in [0.1, 0.15) is 82.0 Å². The van der Waals surface area contributed by atoms with Gasteiger partial charge in [0.2, 0.25) is 0 Å². The molecule has 6 rings (SSSR count). The highest BCUT2D eigenvalue weighted by Gasteiger charge is 2.45. The lowest BCUT2D eigenvalue weighted by Crippen LogP contribution is -2.39. The standard InChI is InChI=1S/C20H17F6N3O3.C18H18F3N3O2/c21-19(22,23)17(31)29-11-14(30)12-9-27-16(28-10-12)8-18(6-3-7-18)13-4-1-2-5-15(13)32-20(24,25)26;19-18(20,21)26-15-5-2-1-4-13(15)17(6-3-7-17)8-16-23-10-12(11-24-16)14(25)9-22/h1-2,4-5,9-10H,3,6-8,11H2,(H,29,31);1-2,4-5,10-11H,3,6-9,22H2. The molecule has 0 radical (unpaired) electrons. The molecule has 0 atom stereocenters.